The number of nitrogens with zero attached hydrogens (tertiary/aromatic N) is 1. The Hall–Kier alpha value is -0.620. The maximum Gasteiger partial charge on any atom is 0.229 e. The predicted molar refractivity (Wildman–Crippen MR) is 62.7 cm³/mol. The van der Waals surface area contributed by atoms with Crippen LogP contribution in [-0.4, -0.2) is 50.4 Å². The maximum absolute atomic E-state index is 12.1. The number of carbonyl (C=O) groups excluding carboxylic acids is 1. The van der Waals surface area contributed by atoms with Crippen LogP contribution in [0.15, 0.2) is 0 Å². The minimum absolute atomic E-state index is 0.0490. The first-order chi connectivity index (χ1) is 7.28. The van der Waals surface area contributed by atoms with Gasteiger partial charge in [-0.3, -0.25) is 4.79 Å². The zero-order chi connectivity index (χ0) is 12.4. The fourth-order valence-corrected chi connectivity index (χ4v) is 2.93. The molecular weight excluding hydrogens is 228 g/mol. The van der Waals surface area contributed by atoms with Crippen molar-refractivity contribution in [3.63, 3.8) is 0 Å². The fraction of sp³-hybridized carbons (Fsp3) is 0.900. The van der Waals surface area contributed by atoms with Gasteiger partial charge in [-0.15, -0.1) is 0 Å². The van der Waals surface area contributed by atoms with Gasteiger partial charge in [-0.2, -0.15) is 0 Å². The zero-order valence-corrected chi connectivity index (χ0v) is 10.7. The van der Waals surface area contributed by atoms with Gasteiger partial charge in [-0.05, 0) is 20.3 Å². The Kier molecular flexibility index (Phi) is 3.96. The van der Waals surface area contributed by atoms with E-state index in [1.165, 1.54) is 0 Å². The van der Waals surface area contributed by atoms with Gasteiger partial charge in [0.15, 0.2) is 9.84 Å². The largest absolute Gasteiger partial charge is 0.341 e. The number of nitrogens with two attached hydrogens (primary N) is 1. The second kappa shape index (κ2) is 4.71. The molecule has 1 fully saturated rings. The predicted octanol–water partition coefficient (Wildman–Crippen LogP) is -0.382. The number of amides is 1. The van der Waals surface area contributed by atoms with E-state index in [9.17, 15) is 13.2 Å². The highest BCUT2D eigenvalue weighted by Gasteiger charge is 2.32. The van der Waals surface area contributed by atoms with Crippen molar-refractivity contribution in [1.29, 1.82) is 0 Å². The summed E-state index contributed by atoms with van der Waals surface area (Å²) in [5.74, 6) is 0.200. The summed E-state index contributed by atoms with van der Waals surface area (Å²) < 4.78 is 22.8. The monoisotopic (exact) mass is 248 g/mol. The molecule has 94 valence electrons. The number of hydrogen-bond donors (Lipinski definition) is 1. The second-order valence-corrected chi connectivity index (χ2v) is 7.19. The molecule has 2 N–H and O–H groups in total. The van der Waals surface area contributed by atoms with E-state index in [1.807, 2.05) is 0 Å². The topological polar surface area (TPSA) is 80.5 Å². The van der Waals surface area contributed by atoms with Gasteiger partial charge >= 0.3 is 0 Å². The molecule has 1 rings (SSSR count). The van der Waals surface area contributed by atoms with Gasteiger partial charge in [-0.1, -0.05) is 0 Å². The number of rotatable bonds is 2. The summed E-state index contributed by atoms with van der Waals surface area (Å²) in [5.41, 5.74) is 4.94. The lowest BCUT2D eigenvalue weighted by atomic mass is 9.92. The summed E-state index contributed by atoms with van der Waals surface area (Å²) in [6.45, 7) is 4.66. The van der Waals surface area contributed by atoms with Crippen LogP contribution in [0, 0.1) is 5.41 Å². The Morgan fingerprint density at radius 1 is 1.31 bits per heavy atom. The van der Waals surface area contributed by atoms with Crippen molar-refractivity contribution < 1.29 is 13.2 Å². The Labute approximate surface area is 96.9 Å². The van der Waals surface area contributed by atoms with Crippen LogP contribution in [0.2, 0.25) is 0 Å². The van der Waals surface area contributed by atoms with E-state index < -0.39 is 15.3 Å². The van der Waals surface area contributed by atoms with Crippen LogP contribution in [0.5, 0.6) is 0 Å². The Bertz CT molecular complexity index is 362. The van der Waals surface area contributed by atoms with E-state index >= 15 is 0 Å². The lowest BCUT2D eigenvalue weighted by Crippen LogP contribution is -2.45. The summed E-state index contributed by atoms with van der Waals surface area (Å²) in [6.07, 6.45) is 0.523. The molecule has 5 nitrogen and oxygen atoms in total. The summed E-state index contributed by atoms with van der Waals surface area (Å²) >= 11 is 0. The van der Waals surface area contributed by atoms with Crippen LogP contribution < -0.4 is 5.73 Å². The standard InChI is InChI=1S/C10H20N2O3S/c1-10(2,8-11)9(13)12-4-3-6-16(14,15)7-5-12/h3-8,11H2,1-2H3. The minimum atomic E-state index is -2.96. The molecule has 0 atom stereocenters. The highest BCUT2D eigenvalue weighted by atomic mass is 32.2. The molecule has 1 amide bonds. The summed E-state index contributed by atoms with van der Waals surface area (Å²) in [5, 5.41) is 0. The van der Waals surface area contributed by atoms with Crippen molar-refractivity contribution in [1.82, 2.24) is 4.90 Å². The molecule has 0 aromatic carbocycles. The van der Waals surface area contributed by atoms with E-state index in [0.717, 1.165) is 0 Å². The molecule has 0 aliphatic carbocycles. The van der Waals surface area contributed by atoms with Gasteiger partial charge in [-0.25, -0.2) is 8.42 Å². The van der Waals surface area contributed by atoms with Crippen LogP contribution in [-0.2, 0) is 14.6 Å². The van der Waals surface area contributed by atoms with E-state index in [4.69, 9.17) is 5.73 Å². The second-order valence-electron chi connectivity index (χ2n) is 4.89. The fourth-order valence-electron chi connectivity index (χ4n) is 1.66. The van der Waals surface area contributed by atoms with Crippen LogP contribution in [0.4, 0.5) is 0 Å². The first kappa shape index (κ1) is 13.4. The number of sulfone groups is 1. The molecule has 0 radical (unpaired) electrons. The van der Waals surface area contributed by atoms with Crippen molar-refractivity contribution in [2.75, 3.05) is 31.1 Å². The molecule has 1 saturated heterocycles. The Balaban J connectivity index is 2.72. The summed E-state index contributed by atoms with van der Waals surface area (Å²) in [6, 6.07) is 0. The highest BCUT2D eigenvalue weighted by molar-refractivity contribution is 7.91. The molecule has 16 heavy (non-hydrogen) atoms. The number of hydrogen-bond acceptors (Lipinski definition) is 4. The van der Waals surface area contributed by atoms with Crippen molar-refractivity contribution in [2.45, 2.75) is 20.3 Å². The average Bonchev–Trinajstić information content (AvgIpc) is 2.38. The molecular formula is C10H20N2O3S. The lowest BCUT2D eigenvalue weighted by Gasteiger charge is -2.29. The van der Waals surface area contributed by atoms with Crippen LogP contribution >= 0.6 is 0 Å². The van der Waals surface area contributed by atoms with Gasteiger partial charge in [0, 0.05) is 19.6 Å². The number of carbonyl (C=O) groups is 1. The van der Waals surface area contributed by atoms with E-state index in [-0.39, 0.29) is 24.0 Å². The van der Waals surface area contributed by atoms with Crippen molar-refractivity contribution in [3.05, 3.63) is 0 Å². The van der Waals surface area contributed by atoms with Crippen molar-refractivity contribution in [2.24, 2.45) is 11.1 Å². The maximum atomic E-state index is 12.1. The third kappa shape index (κ3) is 3.18. The van der Waals surface area contributed by atoms with Gasteiger partial charge in [0.2, 0.25) is 5.91 Å². The van der Waals surface area contributed by atoms with E-state index in [2.05, 4.69) is 0 Å². The van der Waals surface area contributed by atoms with Crippen LogP contribution in [0.25, 0.3) is 0 Å². The first-order valence-electron chi connectivity index (χ1n) is 5.48. The molecule has 0 bridgehead atoms. The zero-order valence-electron chi connectivity index (χ0n) is 9.90. The van der Waals surface area contributed by atoms with E-state index in [0.29, 0.717) is 19.5 Å². The van der Waals surface area contributed by atoms with Gasteiger partial charge in [0.05, 0.1) is 16.9 Å². The smallest absolute Gasteiger partial charge is 0.229 e. The van der Waals surface area contributed by atoms with Crippen LogP contribution in [0.1, 0.15) is 20.3 Å². The SMILES string of the molecule is CC(C)(CN)C(=O)N1CCCS(=O)(=O)CC1. The summed E-state index contributed by atoms with van der Waals surface area (Å²) in [4.78, 5) is 13.7. The molecule has 1 heterocycles. The third-order valence-electron chi connectivity index (χ3n) is 2.93. The van der Waals surface area contributed by atoms with Crippen molar-refractivity contribution in [3.8, 4) is 0 Å². The quantitative estimate of drug-likeness (QED) is 0.722. The van der Waals surface area contributed by atoms with Gasteiger partial charge in [0.25, 0.3) is 0 Å². The molecule has 0 saturated carbocycles. The molecule has 0 aromatic rings. The van der Waals surface area contributed by atoms with Crippen LogP contribution in [0.3, 0.4) is 0 Å². The Morgan fingerprint density at radius 3 is 2.50 bits per heavy atom. The average molecular weight is 248 g/mol. The summed E-state index contributed by atoms with van der Waals surface area (Å²) in [7, 11) is -2.96. The molecule has 6 heteroatoms. The highest BCUT2D eigenvalue weighted by Crippen LogP contribution is 2.18. The normalized spacial score (nSPS) is 21.6. The third-order valence-corrected chi connectivity index (χ3v) is 4.65. The first-order valence-corrected chi connectivity index (χ1v) is 7.30. The van der Waals surface area contributed by atoms with Gasteiger partial charge < -0.3 is 10.6 Å². The molecule has 0 spiro atoms. The van der Waals surface area contributed by atoms with Gasteiger partial charge in [0.1, 0.15) is 0 Å². The van der Waals surface area contributed by atoms with E-state index in [1.54, 1.807) is 18.7 Å². The lowest BCUT2D eigenvalue weighted by molar-refractivity contribution is -0.139. The molecule has 0 aromatic heterocycles. The molecule has 1 aliphatic rings. The molecule has 1 aliphatic heterocycles. The minimum Gasteiger partial charge on any atom is -0.341 e. The Morgan fingerprint density at radius 2 is 1.94 bits per heavy atom. The molecule has 0 unspecified atom stereocenters. The van der Waals surface area contributed by atoms with Crippen molar-refractivity contribution >= 4 is 15.7 Å².